The number of amides is 3. The summed E-state index contributed by atoms with van der Waals surface area (Å²) in [5.74, 6) is -3.01. The number of benzene rings is 1. The summed E-state index contributed by atoms with van der Waals surface area (Å²) in [5, 5.41) is 17.0. The zero-order valence-electron chi connectivity index (χ0n) is 20.6. The van der Waals surface area contributed by atoms with Crippen molar-refractivity contribution in [2.45, 2.75) is 50.9 Å². The zero-order chi connectivity index (χ0) is 27.8. The van der Waals surface area contributed by atoms with Crippen LogP contribution in [0.4, 0.5) is 23.7 Å². The molecule has 3 amide bonds. The number of anilines is 1. The van der Waals surface area contributed by atoms with Gasteiger partial charge in [0.25, 0.3) is 5.91 Å². The second-order valence-corrected chi connectivity index (χ2v) is 8.84. The van der Waals surface area contributed by atoms with Crippen LogP contribution in [0.3, 0.4) is 0 Å². The Balaban J connectivity index is 0.000000505. The number of alkyl halides is 3. The van der Waals surface area contributed by atoms with E-state index in [4.69, 9.17) is 14.7 Å². The molecule has 1 unspecified atom stereocenters. The van der Waals surface area contributed by atoms with Gasteiger partial charge < -0.3 is 25.5 Å². The summed E-state index contributed by atoms with van der Waals surface area (Å²) in [6, 6.07) is 11.4. The average molecular weight is 536 g/mol. The lowest BCUT2D eigenvalue weighted by Gasteiger charge is -2.38. The normalized spacial score (nSPS) is 18.5. The van der Waals surface area contributed by atoms with Crippen molar-refractivity contribution in [2.24, 2.45) is 5.16 Å². The molecule has 1 aromatic carbocycles. The molecule has 10 nitrogen and oxygen atoms in total. The number of aryl methyl sites for hydroxylation is 1. The number of carboxylic acid groups (broad SMARTS) is 1. The van der Waals surface area contributed by atoms with Crippen molar-refractivity contribution in [3.8, 4) is 0 Å². The number of carbonyl (C=O) groups excluding carboxylic acids is 2. The SMILES string of the molecule is CCc1ccc(NC(=O)N2CCCC3(CC(C(=O)NCc4cccnc4)=NO3)C2)cc1.O=C(O)C(F)(F)F. The van der Waals surface area contributed by atoms with Gasteiger partial charge in [-0.15, -0.1) is 0 Å². The molecule has 1 fully saturated rings. The number of likely N-dealkylation sites (tertiary alicyclic amines) is 1. The molecule has 2 aromatic rings. The Morgan fingerprint density at radius 1 is 1.16 bits per heavy atom. The number of piperidine rings is 1. The first-order chi connectivity index (χ1) is 18.0. The maximum atomic E-state index is 12.8. The third-order valence-corrected chi connectivity index (χ3v) is 5.96. The third kappa shape index (κ3) is 7.92. The Kier molecular flexibility index (Phi) is 9.26. The second kappa shape index (κ2) is 12.4. The van der Waals surface area contributed by atoms with Crippen LogP contribution in [0, 0.1) is 0 Å². The molecule has 4 rings (SSSR count). The fraction of sp³-hybridized carbons (Fsp3) is 0.400. The number of halogens is 3. The Morgan fingerprint density at radius 3 is 2.47 bits per heavy atom. The molecule has 3 heterocycles. The molecule has 204 valence electrons. The summed E-state index contributed by atoms with van der Waals surface area (Å²) in [7, 11) is 0. The van der Waals surface area contributed by atoms with Gasteiger partial charge >= 0.3 is 18.2 Å². The van der Waals surface area contributed by atoms with E-state index in [1.54, 1.807) is 17.3 Å². The fourth-order valence-electron chi connectivity index (χ4n) is 3.95. The highest BCUT2D eigenvalue weighted by molar-refractivity contribution is 6.39. The quantitative estimate of drug-likeness (QED) is 0.534. The Morgan fingerprint density at radius 2 is 1.87 bits per heavy atom. The minimum absolute atomic E-state index is 0.165. The maximum Gasteiger partial charge on any atom is 0.490 e. The van der Waals surface area contributed by atoms with Gasteiger partial charge in [-0.2, -0.15) is 13.2 Å². The summed E-state index contributed by atoms with van der Waals surface area (Å²) >= 11 is 0. The summed E-state index contributed by atoms with van der Waals surface area (Å²) in [5.41, 5.74) is 2.63. The van der Waals surface area contributed by atoms with Crippen molar-refractivity contribution >= 4 is 29.3 Å². The van der Waals surface area contributed by atoms with E-state index in [1.807, 2.05) is 36.4 Å². The van der Waals surface area contributed by atoms with E-state index in [-0.39, 0.29) is 11.9 Å². The van der Waals surface area contributed by atoms with E-state index < -0.39 is 17.7 Å². The van der Waals surface area contributed by atoms with Gasteiger partial charge in [0.15, 0.2) is 5.60 Å². The highest BCUT2D eigenvalue weighted by Crippen LogP contribution is 2.33. The highest BCUT2D eigenvalue weighted by atomic mass is 19.4. The molecule has 38 heavy (non-hydrogen) atoms. The van der Waals surface area contributed by atoms with Crippen molar-refractivity contribution in [1.82, 2.24) is 15.2 Å². The third-order valence-electron chi connectivity index (χ3n) is 5.96. The van der Waals surface area contributed by atoms with Crippen LogP contribution in [0.5, 0.6) is 0 Å². The Labute approximate surface area is 216 Å². The number of hydrogen-bond donors (Lipinski definition) is 3. The largest absolute Gasteiger partial charge is 0.490 e. The number of aliphatic carboxylic acids is 1. The van der Waals surface area contributed by atoms with Crippen LogP contribution < -0.4 is 10.6 Å². The predicted molar refractivity (Wildman–Crippen MR) is 131 cm³/mol. The number of hydrogen-bond acceptors (Lipinski definition) is 6. The number of aromatic nitrogens is 1. The number of carboxylic acids is 1. The van der Waals surface area contributed by atoms with E-state index in [9.17, 15) is 22.8 Å². The lowest BCUT2D eigenvalue weighted by molar-refractivity contribution is -0.192. The van der Waals surface area contributed by atoms with Crippen molar-refractivity contribution in [3.05, 3.63) is 59.9 Å². The van der Waals surface area contributed by atoms with E-state index >= 15 is 0 Å². The fourth-order valence-corrected chi connectivity index (χ4v) is 3.95. The van der Waals surface area contributed by atoms with E-state index in [0.29, 0.717) is 31.8 Å². The van der Waals surface area contributed by atoms with Gasteiger partial charge in [0.05, 0.1) is 6.54 Å². The molecule has 0 bridgehead atoms. The van der Waals surface area contributed by atoms with Gasteiger partial charge in [0, 0.05) is 37.6 Å². The van der Waals surface area contributed by atoms with Gasteiger partial charge in [0.1, 0.15) is 5.71 Å². The molecular formula is C25H28F3N5O5. The minimum Gasteiger partial charge on any atom is -0.475 e. The first kappa shape index (κ1) is 28.4. The van der Waals surface area contributed by atoms with Gasteiger partial charge in [-0.3, -0.25) is 9.78 Å². The van der Waals surface area contributed by atoms with Crippen molar-refractivity contribution in [1.29, 1.82) is 0 Å². The Bertz CT molecular complexity index is 1160. The first-order valence-corrected chi connectivity index (χ1v) is 11.9. The van der Waals surface area contributed by atoms with Crippen LogP contribution in [-0.2, 0) is 27.4 Å². The molecule has 13 heteroatoms. The summed E-state index contributed by atoms with van der Waals surface area (Å²) < 4.78 is 31.7. The molecule has 1 aromatic heterocycles. The molecule has 0 radical (unpaired) electrons. The van der Waals surface area contributed by atoms with Crippen LogP contribution in [-0.4, -0.2) is 63.5 Å². The van der Waals surface area contributed by atoms with Crippen molar-refractivity contribution < 1.29 is 37.5 Å². The van der Waals surface area contributed by atoms with E-state index in [1.165, 1.54) is 5.56 Å². The number of rotatable bonds is 5. The van der Waals surface area contributed by atoms with Crippen molar-refractivity contribution in [3.63, 3.8) is 0 Å². The first-order valence-electron chi connectivity index (χ1n) is 11.9. The average Bonchev–Trinajstić information content (AvgIpc) is 3.31. The minimum atomic E-state index is -5.08. The number of nitrogens with one attached hydrogen (secondary N) is 2. The van der Waals surface area contributed by atoms with Crippen LogP contribution >= 0.6 is 0 Å². The molecule has 2 aliphatic heterocycles. The standard InChI is InChI=1S/C23H27N5O3.C2HF3O2/c1-2-17-6-8-19(9-7-17)26-22(30)28-12-4-10-23(16-28)13-20(27-31-23)21(29)25-15-18-5-3-11-24-14-18;3-2(4,5)1(6)7/h3,5-9,11,14H,2,4,10,12-13,15-16H2,1H3,(H,25,29)(H,26,30);(H,6,7). The van der Waals surface area contributed by atoms with E-state index in [2.05, 4.69) is 27.7 Å². The highest BCUT2D eigenvalue weighted by Gasteiger charge is 2.45. The number of nitrogens with zero attached hydrogens (tertiary/aromatic N) is 3. The lowest BCUT2D eigenvalue weighted by atomic mass is 9.88. The second-order valence-electron chi connectivity index (χ2n) is 8.84. The van der Waals surface area contributed by atoms with Crippen LogP contribution in [0.1, 0.15) is 37.3 Å². The molecule has 0 aliphatic carbocycles. The topological polar surface area (TPSA) is 133 Å². The molecule has 3 N–H and O–H groups in total. The van der Waals surface area contributed by atoms with E-state index in [0.717, 1.165) is 30.5 Å². The van der Waals surface area contributed by atoms with Gasteiger partial charge in [-0.25, -0.2) is 9.59 Å². The molecule has 1 atom stereocenters. The monoisotopic (exact) mass is 535 g/mol. The van der Waals surface area contributed by atoms with Crippen molar-refractivity contribution in [2.75, 3.05) is 18.4 Å². The van der Waals surface area contributed by atoms with Crippen LogP contribution in [0.2, 0.25) is 0 Å². The maximum absolute atomic E-state index is 12.8. The number of pyridine rings is 1. The van der Waals surface area contributed by atoms with Crippen LogP contribution in [0.25, 0.3) is 0 Å². The molecular weight excluding hydrogens is 507 g/mol. The summed E-state index contributed by atoms with van der Waals surface area (Å²) in [6.45, 7) is 3.52. The summed E-state index contributed by atoms with van der Waals surface area (Å²) in [4.78, 5) is 45.7. The molecule has 0 saturated carbocycles. The van der Waals surface area contributed by atoms with Crippen LogP contribution in [0.15, 0.2) is 53.9 Å². The number of carbonyl (C=O) groups is 3. The smallest absolute Gasteiger partial charge is 0.475 e. The van der Waals surface area contributed by atoms with Gasteiger partial charge in [-0.1, -0.05) is 30.3 Å². The van der Waals surface area contributed by atoms with Gasteiger partial charge in [0.2, 0.25) is 0 Å². The lowest BCUT2D eigenvalue weighted by Crippen LogP contribution is -2.52. The zero-order valence-corrected chi connectivity index (χ0v) is 20.6. The van der Waals surface area contributed by atoms with Gasteiger partial charge in [-0.05, 0) is 48.6 Å². The molecule has 1 saturated heterocycles. The summed E-state index contributed by atoms with van der Waals surface area (Å²) in [6.07, 6.45) is 1.21. The molecule has 2 aliphatic rings. The number of urea groups is 1. The number of oxime groups is 1. The predicted octanol–water partition coefficient (Wildman–Crippen LogP) is 3.74. The molecule has 1 spiro atoms. The Hall–Kier alpha value is -4.16.